The van der Waals surface area contributed by atoms with E-state index in [0.717, 1.165) is 35.2 Å². The third-order valence-electron chi connectivity index (χ3n) is 5.71. The van der Waals surface area contributed by atoms with Gasteiger partial charge in [0, 0.05) is 11.3 Å². The Morgan fingerprint density at radius 3 is 2.79 bits per heavy atom. The smallest absolute Gasteiger partial charge is 0.327 e. The predicted octanol–water partition coefficient (Wildman–Crippen LogP) is 4.01. The van der Waals surface area contributed by atoms with E-state index in [4.69, 9.17) is 10.00 Å². The maximum absolute atomic E-state index is 12.4. The molecule has 2 aromatic carbocycles. The molecule has 1 heterocycles. The predicted molar refractivity (Wildman–Crippen MR) is 124 cm³/mol. The van der Waals surface area contributed by atoms with Crippen molar-refractivity contribution >= 4 is 22.9 Å². The molecule has 0 radical (unpaired) electrons. The first kappa shape index (κ1) is 22.7. The molecule has 0 saturated heterocycles. The van der Waals surface area contributed by atoms with Gasteiger partial charge in [0.1, 0.15) is 6.54 Å². The Bertz CT molecular complexity index is 1220. The first-order valence-electron chi connectivity index (χ1n) is 10.7. The largest absolute Gasteiger partial charge is 0.465 e. The summed E-state index contributed by atoms with van der Waals surface area (Å²) in [6, 6.07) is 16.5. The van der Waals surface area contributed by atoms with Gasteiger partial charge < -0.3 is 4.74 Å². The Balaban J connectivity index is 1.63. The molecule has 33 heavy (non-hydrogen) atoms. The van der Waals surface area contributed by atoms with Crippen LogP contribution in [-0.2, 0) is 33.8 Å². The van der Waals surface area contributed by atoms with Gasteiger partial charge >= 0.3 is 5.97 Å². The Hall–Kier alpha value is -3.48. The van der Waals surface area contributed by atoms with Crippen LogP contribution in [0.3, 0.4) is 0 Å². The Kier molecular flexibility index (Phi) is 6.87. The molecule has 3 aromatic rings. The highest BCUT2D eigenvalue weighted by molar-refractivity contribution is 7.80. The molecule has 1 N–H and O–H groups in total. The van der Waals surface area contributed by atoms with Crippen molar-refractivity contribution in [1.82, 2.24) is 9.78 Å². The minimum Gasteiger partial charge on any atom is -0.465 e. The van der Waals surface area contributed by atoms with Gasteiger partial charge in [0.15, 0.2) is 0 Å². The maximum Gasteiger partial charge on any atom is 0.327 e. The second-order valence-electron chi connectivity index (χ2n) is 7.71. The Morgan fingerprint density at radius 2 is 2.09 bits per heavy atom. The van der Waals surface area contributed by atoms with E-state index in [1.807, 2.05) is 30.3 Å². The van der Waals surface area contributed by atoms with Crippen molar-refractivity contribution in [2.24, 2.45) is 0 Å². The molecule has 0 aliphatic heterocycles. The first-order chi connectivity index (χ1) is 16.0. The van der Waals surface area contributed by atoms with Crippen LogP contribution in [0.25, 0.3) is 11.1 Å². The summed E-state index contributed by atoms with van der Waals surface area (Å²) in [7, 11) is 0. The number of fused-ring (bicyclic) bond motifs is 1. The van der Waals surface area contributed by atoms with E-state index < -0.39 is 11.3 Å². The van der Waals surface area contributed by atoms with Crippen molar-refractivity contribution in [3.05, 3.63) is 71.5 Å². The van der Waals surface area contributed by atoms with Gasteiger partial charge in [0.05, 0.1) is 36.2 Å². The fraction of sp³-hybridized carbons (Fsp3) is 0.292. The average molecular weight is 465 g/mol. The number of ether oxygens (including phenoxy) is 1. The van der Waals surface area contributed by atoms with Crippen LogP contribution >= 0.6 is 0 Å². The van der Waals surface area contributed by atoms with Crippen molar-refractivity contribution in [3.63, 3.8) is 0 Å². The van der Waals surface area contributed by atoms with Gasteiger partial charge in [0.2, 0.25) is 0 Å². The normalized spacial score (nSPS) is 15.8. The molecule has 1 aromatic heterocycles. The summed E-state index contributed by atoms with van der Waals surface area (Å²) in [6.45, 7) is 2.08. The minimum absolute atomic E-state index is 0.0224. The molecule has 8 nitrogen and oxygen atoms in total. The SMILES string of the molecule is CCOC(=O)Cn1ncc2c1CCCC2N(c1ccc(-c2cccc(C#N)c2)cc1)S(=O)O. The van der Waals surface area contributed by atoms with Gasteiger partial charge in [0.25, 0.3) is 11.3 Å². The summed E-state index contributed by atoms with van der Waals surface area (Å²) in [6.07, 6.45) is 3.92. The molecule has 0 saturated carbocycles. The van der Waals surface area contributed by atoms with Crippen LogP contribution < -0.4 is 4.31 Å². The number of nitriles is 1. The van der Waals surface area contributed by atoms with Crippen LogP contribution in [0.4, 0.5) is 5.69 Å². The lowest BCUT2D eigenvalue weighted by Gasteiger charge is -2.33. The Labute approximate surface area is 194 Å². The van der Waals surface area contributed by atoms with E-state index in [2.05, 4.69) is 11.2 Å². The number of hydrogen-bond acceptors (Lipinski definition) is 5. The summed E-state index contributed by atoms with van der Waals surface area (Å²) in [5.74, 6) is -0.357. The van der Waals surface area contributed by atoms with Crippen LogP contribution in [0.1, 0.15) is 42.6 Å². The highest BCUT2D eigenvalue weighted by Gasteiger charge is 2.32. The summed E-state index contributed by atoms with van der Waals surface area (Å²) >= 11 is -2.26. The zero-order valence-corrected chi connectivity index (χ0v) is 19.0. The van der Waals surface area contributed by atoms with E-state index >= 15 is 0 Å². The first-order valence-corrected chi connectivity index (χ1v) is 11.8. The molecular formula is C24H24N4O4S. The number of carbonyl (C=O) groups is 1. The van der Waals surface area contributed by atoms with E-state index in [1.165, 1.54) is 4.31 Å². The Morgan fingerprint density at radius 1 is 1.30 bits per heavy atom. The van der Waals surface area contributed by atoms with Crippen LogP contribution in [-0.4, -0.2) is 31.1 Å². The summed E-state index contributed by atoms with van der Waals surface area (Å²) in [5, 5.41) is 13.5. The van der Waals surface area contributed by atoms with E-state index in [-0.39, 0.29) is 18.6 Å². The van der Waals surface area contributed by atoms with Crippen molar-refractivity contribution in [1.29, 1.82) is 5.26 Å². The van der Waals surface area contributed by atoms with Crippen molar-refractivity contribution < 1.29 is 18.3 Å². The fourth-order valence-corrected chi connectivity index (χ4v) is 4.99. The molecule has 1 aliphatic rings. The van der Waals surface area contributed by atoms with Crippen LogP contribution in [0.2, 0.25) is 0 Å². The standard InChI is InChI=1S/C24H24N4O4S/c1-2-32-24(29)16-27-22-7-4-8-23(21(22)15-26-27)28(33(30)31)20-11-9-18(10-12-20)19-6-3-5-17(13-19)14-25/h3,5-6,9-13,15,23H,2,4,7-8,16H2,1H3,(H,30,31). The number of esters is 1. The van der Waals surface area contributed by atoms with Crippen molar-refractivity contribution in [2.45, 2.75) is 38.8 Å². The maximum atomic E-state index is 12.4. The number of carbonyl (C=O) groups excluding carboxylic acids is 1. The molecule has 170 valence electrons. The lowest BCUT2D eigenvalue weighted by Crippen LogP contribution is -2.33. The zero-order valence-electron chi connectivity index (χ0n) is 18.2. The lowest BCUT2D eigenvalue weighted by molar-refractivity contribution is -0.144. The summed E-state index contributed by atoms with van der Waals surface area (Å²) in [4.78, 5) is 11.9. The zero-order chi connectivity index (χ0) is 23.4. The second-order valence-corrected chi connectivity index (χ2v) is 8.57. The van der Waals surface area contributed by atoms with Gasteiger partial charge in [-0.2, -0.15) is 10.4 Å². The number of benzene rings is 2. The fourth-order valence-electron chi connectivity index (χ4n) is 4.25. The number of aromatic nitrogens is 2. The quantitative estimate of drug-likeness (QED) is 0.418. The molecule has 0 spiro atoms. The number of rotatable bonds is 7. The monoisotopic (exact) mass is 464 g/mol. The number of nitrogens with zero attached hydrogens (tertiary/aromatic N) is 4. The molecule has 0 bridgehead atoms. The van der Waals surface area contributed by atoms with E-state index in [9.17, 15) is 13.6 Å². The van der Waals surface area contributed by atoms with Crippen LogP contribution in [0.5, 0.6) is 0 Å². The molecule has 0 fully saturated rings. The minimum atomic E-state index is -2.26. The van der Waals surface area contributed by atoms with Gasteiger partial charge in [-0.05, 0) is 61.6 Å². The highest BCUT2D eigenvalue weighted by atomic mass is 32.2. The second kappa shape index (κ2) is 9.98. The number of anilines is 1. The van der Waals surface area contributed by atoms with E-state index in [0.29, 0.717) is 24.3 Å². The average Bonchev–Trinajstić information content (AvgIpc) is 3.23. The highest BCUT2D eigenvalue weighted by Crippen LogP contribution is 2.38. The van der Waals surface area contributed by atoms with E-state index in [1.54, 1.807) is 36.0 Å². The lowest BCUT2D eigenvalue weighted by atomic mass is 9.92. The van der Waals surface area contributed by atoms with Crippen LogP contribution in [0.15, 0.2) is 54.7 Å². The molecule has 4 rings (SSSR count). The van der Waals surface area contributed by atoms with Gasteiger partial charge in [-0.1, -0.05) is 24.3 Å². The molecule has 0 amide bonds. The topological polar surface area (TPSA) is 108 Å². The molecule has 2 unspecified atom stereocenters. The van der Waals surface area contributed by atoms with Crippen LogP contribution in [0, 0.1) is 11.3 Å². The third kappa shape index (κ3) is 4.82. The molecular weight excluding hydrogens is 440 g/mol. The summed E-state index contributed by atoms with van der Waals surface area (Å²) < 4.78 is 30.7. The number of hydrogen-bond donors (Lipinski definition) is 1. The molecule has 9 heteroatoms. The molecule has 2 atom stereocenters. The van der Waals surface area contributed by atoms with Crippen molar-refractivity contribution in [3.8, 4) is 17.2 Å². The summed E-state index contributed by atoms with van der Waals surface area (Å²) in [5.41, 5.74) is 4.72. The van der Waals surface area contributed by atoms with Gasteiger partial charge in [-0.15, -0.1) is 0 Å². The van der Waals surface area contributed by atoms with Gasteiger partial charge in [-0.3, -0.25) is 18.3 Å². The molecule has 1 aliphatic carbocycles. The van der Waals surface area contributed by atoms with Crippen molar-refractivity contribution in [2.75, 3.05) is 10.9 Å². The third-order valence-corrected chi connectivity index (χ3v) is 6.52. The van der Waals surface area contributed by atoms with Gasteiger partial charge in [-0.25, -0.2) is 4.21 Å².